The lowest BCUT2D eigenvalue weighted by Crippen LogP contribution is -2.30. The highest BCUT2D eigenvalue weighted by Crippen LogP contribution is 2.32. The molecular formula is C17H23IN4O2S. The van der Waals surface area contributed by atoms with Gasteiger partial charge in [0, 0.05) is 35.8 Å². The number of fused-ring (bicyclic) bond motifs is 1. The van der Waals surface area contributed by atoms with Crippen LogP contribution in [0.15, 0.2) is 29.4 Å². The fraction of sp³-hybridized carbons (Fsp3) is 0.412. The van der Waals surface area contributed by atoms with Crippen molar-refractivity contribution in [3.05, 3.63) is 34.3 Å². The number of anilines is 1. The Morgan fingerprint density at radius 3 is 2.80 bits per heavy atom. The van der Waals surface area contributed by atoms with Crippen LogP contribution in [0.1, 0.15) is 23.2 Å². The van der Waals surface area contributed by atoms with Crippen LogP contribution in [0.4, 0.5) is 5.69 Å². The number of ether oxygens (including phenoxy) is 2. The first kappa shape index (κ1) is 19.8. The first-order valence-corrected chi connectivity index (χ1v) is 8.92. The molecule has 3 rings (SSSR count). The van der Waals surface area contributed by atoms with E-state index in [4.69, 9.17) is 9.47 Å². The molecule has 8 heteroatoms. The molecule has 2 aromatic rings. The standard InChI is InChI=1S/C17H22N4O2S.HI/c1-3-18-17(20-11-16-19-10-12(2)24-16)21-13-5-6-14-15(9-13)23-8-4-7-22-14;/h5-6,9-10H,3-4,7-8,11H2,1-2H3,(H2,18,20,21);1H. The molecule has 0 spiro atoms. The van der Waals surface area contributed by atoms with Crippen molar-refractivity contribution in [3.8, 4) is 11.5 Å². The molecule has 0 atom stereocenters. The number of benzene rings is 1. The van der Waals surface area contributed by atoms with E-state index in [1.165, 1.54) is 4.88 Å². The summed E-state index contributed by atoms with van der Waals surface area (Å²) in [6.45, 7) is 6.79. The van der Waals surface area contributed by atoms with Gasteiger partial charge in [0.15, 0.2) is 17.5 Å². The number of thiazole rings is 1. The second-order valence-corrected chi connectivity index (χ2v) is 6.72. The van der Waals surface area contributed by atoms with E-state index in [9.17, 15) is 0 Å². The Kier molecular flexibility index (Phi) is 7.76. The summed E-state index contributed by atoms with van der Waals surface area (Å²) >= 11 is 1.66. The zero-order valence-electron chi connectivity index (χ0n) is 14.4. The molecule has 0 aliphatic carbocycles. The van der Waals surface area contributed by atoms with Gasteiger partial charge in [-0.25, -0.2) is 9.98 Å². The zero-order chi connectivity index (χ0) is 16.8. The fourth-order valence-electron chi connectivity index (χ4n) is 2.31. The minimum atomic E-state index is 0. The van der Waals surface area contributed by atoms with Gasteiger partial charge in [-0.1, -0.05) is 0 Å². The second-order valence-electron chi connectivity index (χ2n) is 5.40. The summed E-state index contributed by atoms with van der Waals surface area (Å²) in [6.07, 6.45) is 2.77. The van der Waals surface area contributed by atoms with E-state index in [0.29, 0.717) is 19.8 Å². The van der Waals surface area contributed by atoms with Crippen molar-refractivity contribution in [1.82, 2.24) is 10.3 Å². The SMILES string of the molecule is CCNC(=NCc1ncc(C)s1)Nc1ccc2c(c1)OCCCO2.I. The summed E-state index contributed by atoms with van der Waals surface area (Å²) in [5.41, 5.74) is 0.911. The van der Waals surface area contributed by atoms with Gasteiger partial charge < -0.3 is 20.1 Å². The van der Waals surface area contributed by atoms with E-state index in [2.05, 4.69) is 20.6 Å². The quantitative estimate of drug-likeness (QED) is 0.401. The van der Waals surface area contributed by atoms with Gasteiger partial charge in [-0.05, 0) is 26.0 Å². The summed E-state index contributed by atoms with van der Waals surface area (Å²) < 4.78 is 11.4. The maximum absolute atomic E-state index is 5.73. The Morgan fingerprint density at radius 1 is 1.28 bits per heavy atom. The maximum Gasteiger partial charge on any atom is 0.196 e. The molecule has 1 aliphatic rings. The Labute approximate surface area is 169 Å². The number of hydrogen-bond acceptors (Lipinski definition) is 5. The summed E-state index contributed by atoms with van der Waals surface area (Å²) in [4.78, 5) is 10.1. The minimum Gasteiger partial charge on any atom is -0.490 e. The number of nitrogens with zero attached hydrogens (tertiary/aromatic N) is 2. The molecule has 0 saturated heterocycles. The fourth-order valence-corrected chi connectivity index (χ4v) is 3.02. The molecule has 6 nitrogen and oxygen atoms in total. The topological polar surface area (TPSA) is 67.8 Å². The van der Waals surface area contributed by atoms with Gasteiger partial charge in [0.05, 0.1) is 19.8 Å². The van der Waals surface area contributed by atoms with Crippen LogP contribution in [-0.4, -0.2) is 30.7 Å². The van der Waals surface area contributed by atoms with Gasteiger partial charge in [-0.3, -0.25) is 0 Å². The van der Waals surface area contributed by atoms with E-state index in [1.54, 1.807) is 11.3 Å². The third-order valence-electron chi connectivity index (χ3n) is 3.40. The zero-order valence-corrected chi connectivity index (χ0v) is 17.5. The van der Waals surface area contributed by atoms with Crippen molar-refractivity contribution < 1.29 is 9.47 Å². The molecule has 0 fully saturated rings. The lowest BCUT2D eigenvalue weighted by atomic mass is 10.3. The van der Waals surface area contributed by atoms with Crippen LogP contribution in [0, 0.1) is 6.92 Å². The number of aromatic nitrogens is 1. The van der Waals surface area contributed by atoms with E-state index in [1.807, 2.05) is 38.2 Å². The van der Waals surface area contributed by atoms with E-state index >= 15 is 0 Å². The van der Waals surface area contributed by atoms with Gasteiger partial charge in [0.1, 0.15) is 5.01 Å². The maximum atomic E-state index is 5.73. The number of halogens is 1. The van der Waals surface area contributed by atoms with Gasteiger partial charge in [-0.15, -0.1) is 35.3 Å². The third kappa shape index (κ3) is 5.74. The molecule has 136 valence electrons. The normalized spacial score (nSPS) is 13.6. The summed E-state index contributed by atoms with van der Waals surface area (Å²) in [5, 5.41) is 7.56. The summed E-state index contributed by atoms with van der Waals surface area (Å²) in [5.74, 6) is 2.28. The molecule has 0 amide bonds. The van der Waals surface area contributed by atoms with Crippen LogP contribution < -0.4 is 20.1 Å². The van der Waals surface area contributed by atoms with Crippen molar-refractivity contribution in [2.75, 3.05) is 25.1 Å². The minimum absolute atomic E-state index is 0. The third-order valence-corrected chi connectivity index (χ3v) is 4.29. The Hall–Kier alpha value is -1.55. The smallest absolute Gasteiger partial charge is 0.196 e. The highest BCUT2D eigenvalue weighted by molar-refractivity contribution is 14.0. The van der Waals surface area contributed by atoms with Crippen molar-refractivity contribution in [3.63, 3.8) is 0 Å². The van der Waals surface area contributed by atoms with E-state index < -0.39 is 0 Å². The van der Waals surface area contributed by atoms with Gasteiger partial charge in [0.25, 0.3) is 0 Å². The number of guanidine groups is 1. The molecule has 1 aromatic carbocycles. The Balaban J connectivity index is 0.00000225. The van der Waals surface area contributed by atoms with E-state index in [-0.39, 0.29) is 24.0 Å². The number of aryl methyl sites for hydroxylation is 1. The molecule has 1 aliphatic heterocycles. The summed E-state index contributed by atoms with van der Waals surface area (Å²) in [6, 6.07) is 5.84. The number of hydrogen-bond donors (Lipinski definition) is 2. The monoisotopic (exact) mass is 474 g/mol. The first-order chi connectivity index (χ1) is 11.7. The van der Waals surface area contributed by atoms with Crippen LogP contribution in [0.5, 0.6) is 11.5 Å². The molecular weight excluding hydrogens is 451 g/mol. The van der Waals surface area contributed by atoms with Gasteiger partial charge >= 0.3 is 0 Å². The van der Waals surface area contributed by atoms with Crippen LogP contribution >= 0.6 is 35.3 Å². The number of aliphatic imine (C=N–C) groups is 1. The molecule has 0 unspecified atom stereocenters. The largest absolute Gasteiger partial charge is 0.490 e. The Bertz CT molecular complexity index is 720. The molecule has 25 heavy (non-hydrogen) atoms. The molecule has 0 saturated carbocycles. The molecule has 0 radical (unpaired) electrons. The molecule has 2 heterocycles. The van der Waals surface area contributed by atoms with Crippen molar-refractivity contribution in [2.45, 2.75) is 26.8 Å². The van der Waals surface area contributed by atoms with Crippen molar-refractivity contribution in [2.24, 2.45) is 4.99 Å². The lowest BCUT2D eigenvalue weighted by molar-refractivity contribution is 0.297. The predicted octanol–water partition coefficient (Wildman–Crippen LogP) is 3.81. The highest BCUT2D eigenvalue weighted by atomic mass is 127. The highest BCUT2D eigenvalue weighted by Gasteiger charge is 2.11. The summed E-state index contributed by atoms with van der Waals surface area (Å²) in [7, 11) is 0. The number of rotatable bonds is 4. The average molecular weight is 474 g/mol. The predicted molar refractivity (Wildman–Crippen MR) is 113 cm³/mol. The van der Waals surface area contributed by atoms with Crippen molar-refractivity contribution >= 4 is 47.0 Å². The van der Waals surface area contributed by atoms with Crippen LogP contribution in [0.25, 0.3) is 0 Å². The van der Waals surface area contributed by atoms with Crippen molar-refractivity contribution in [1.29, 1.82) is 0 Å². The lowest BCUT2D eigenvalue weighted by Gasteiger charge is -2.13. The first-order valence-electron chi connectivity index (χ1n) is 8.11. The van der Waals surface area contributed by atoms with Crippen LogP contribution in [-0.2, 0) is 6.54 Å². The molecule has 1 aromatic heterocycles. The average Bonchev–Trinajstić information content (AvgIpc) is 2.85. The Morgan fingerprint density at radius 2 is 2.08 bits per heavy atom. The van der Waals surface area contributed by atoms with Crippen LogP contribution in [0.3, 0.4) is 0 Å². The molecule has 2 N–H and O–H groups in total. The van der Waals surface area contributed by atoms with E-state index in [0.717, 1.165) is 41.1 Å². The second kappa shape index (κ2) is 9.81. The number of nitrogens with one attached hydrogen (secondary N) is 2. The van der Waals surface area contributed by atoms with Gasteiger partial charge in [-0.2, -0.15) is 0 Å². The molecule has 0 bridgehead atoms. The van der Waals surface area contributed by atoms with Gasteiger partial charge in [0.2, 0.25) is 0 Å². The van der Waals surface area contributed by atoms with Crippen LogP contribution in [0.2, 0.25) is 0 Å².